The predicted octanol–water partition coefficient (Wildman–Crippen LogP) is 1.65. The summed E-state index contributed by atoms with van der Waals surface area (Å²) in [5.74, 6) is 1.04. The van der Waals surface area contributed by atoms with Crippen LogP contribution in [0.15, 0.2) is 21.3 Å². The number of hydrogen-bond donors (Lipinski definition) is 2. The topological polar surface area (TPSA) is 91.3 Å². The Morgan fingerprint density at radius 2 is 2.17 bits per heavy atom. The molecule has 0 saturated heterocycles. The number of carbonyl (C=O) groups is 1. The van der Waals surface area contributed by atoms with Crippen LogP contribution in [0.5, 0.6) is 0 Å². The van der Waals surface area contributed by atoms with Gasteiger partial charge in [-0.15, -0.1) is 0 Å². The Morgan fingerprint density at radius 3 is 2.96 bits per heavy atom. The Morgan fingerprint density at radius 1 is 1.39 bits per heavy atom. The van der Waals surface area contributed by atoms with E-state index < -0.39 is 0 Å². The summed E-state index contributed by atoms with van der Waals surface area (Å²) < 4.78 is 10.9. The fraction of sp³-hybridized carbons (Fsp3) is 0.400. The molecule has 0 amide bonds. The van der Waals surface area contributed by atoms with Crippen molar-refractivity contribution >= 4 is 18.2 Å². The van der Waals surface area contributed by atoms with Gasteiger partial charge in [0.1, 0.15) is 18.1 Å². The molecule has 0 atom stereocenters. The van der Waals surface area contributed by atoms with Gasteiger partial charge in [-0.25, -0.2) is 0 Å². The molecular weight excluding hydrogens is 318 g/mol. The number of ether oxygens (including phenoxy) is 1. The van der Waals surface area contributed by atoms with E-state index in [1.165, 1.54) is 6.92 Å². The van der Waals surface area contributed by atoms with Crippen molar-refractivity contribution in [2.24, 2.45) is 0 Å². The van der Waals surface area contributed by atoms with Gasteiger partial charge in [-0.05, 0) is 24.4 Å². The Kier molecular flexibility index (Phi) is 4.44. The first-order chi connectivity index (χ1) is 11.0. The molecule has 3 rings (SSSR count). The van der Waals surface area contributed by atoms with Crippen molar-refractivity contribution in [3.8, 4) is 0 Å². The largest absolute Gasteiger partial charge is 0.461 e. The SMILES string of the molecule is CC(=O)OCc1ccc(CN2CCc3[nH]c(=S)[nH]c(=O)c3C2)o1. The Balaban J connectivity index is 1.67. The summed E-state index contributed by atoms with van der Waals surface area (Å²) in [6.07, 6.45) is 0.740. The highest BCUT2D eigenvalue weighted by molar-refractivity contribution is 7.71. The zero-order valence-electron chi connectivity index (χ0n) is 12.7. The molecule has 0 aliphatic carbocycles. The third-order valence-corrected chi connectivity index (χ3v) is 3.91. The van der Waals surface area contributed by atoms with E-state index in [0.29, 0.717) is 23.6 Å². The van der Waals surface area contributed by atoms with Crippen LogP contribution in [-0.2, 0) is 35.6 Å². The van der Waals surface area contributed by atoms with Gasteiger partial charge in [0, 0.05) is 32.1 Å². The van der Waals surface area contributed by atoms with Crippen LogP contribution in [0.2, 0.25) is 0 Å². The molecule has 0 aromatic carbocycles. The first-order valence-corrected chi connectivity index (χ1v) is 7.70. The number of rotatable bonds is 4. The van der Waals surface area contributed by atoms with Crippen molar-refractivity contribution in [2.75, 3.05) is 6.54 Å². The molecule has 1 aliphatic heterocycles. The van der Waals surface area contributed by atoms with E-state index in [2.05, 4.69) is 14.9 Å². The van der Waals surface area contributed by atoms with Gasteiger partial charge in [0.05, 0.1) is 12.1 Å². The van der Waals surface area contributed by atoms with E-state index in [-0.39, 0.29) is 18.1 Å². The van der Waals surface area contributed by atoms with Crippen LogP contribution in [0.3, 0.4) is 0 Å². The lowest BCUT2D eigenvalue weighted by molar-refractivity contribution is -0.142. The molecule has 8 heteroatoms. The molecule has 2 N–H and O–H groups in total. The summed E-state index contributed by atoms with van der Waals surface area (Å²) in [6.45, 7) is 3.43. The summed E-state index contributed by atoms with van der Waals surface area (Å²) in [6, 6.07) is 3.65. The third kappa shape index (κ3) is 3.77. The fourth-order valence-corrected chi connectivity index (χ4v) is 2.84. The number of H-pyrrole nitrogens is 2. The number of nitrogens with one attached hydrogen (secondary N) is 2. The highest BCUT2D eigenvalue weighted by Gasteiger charge is 2.20. The van der Waals surface area contributed by atoms with Crippen LogP contribution in [-0.4, -0.2) is 27.4 Å². The van der Waals surface area contributed by atoms with E-state index in [1.807, 2.05) is 6.07 Å². The summed E-state index contributed by atoms with van der Waals surface area (Å²) in [5.41, 5.74) is 1.49. The van der Waals surface area contributed by atoms with Crippen LogP contribution in [0.4, 0.5) is 0 Å². The number of aromatic nitrogens is 2. The standard InChI is InChI=1S/C15H17N3O4S/c1-9(19)21-8-11-3-2-10(22-11)6-18-5-4-13-12(7-18)14(20)17-15(23)16-13/h2-3H,4-8H2,1H3,(H2,16,17,20,23). The maximum Gasteiger partial charge on any atom is 0.303 e. The lowest BCUT2D eigenvalue weighted by atomic mass is 10.1. The third-order valence-electron chi connectivity index (χ3n) is 3.70. The molecule has 0 radical (unpaired) electrons. The highest BCUT2D eigenvalue weighted by atomic mass is 32.1. The second kappa shape index (κ2) is 6.51. The van der Waals surface area contributed by atoms with E-state index >= 15 is 0 Å². The monoisotopic (exact) mass is 335 g/mol. The normalized spacial score (nSPS) is 14.5. The number of hydrogen-bond acceptors (Lipinski definition) is 6. The minimum Gasteiger partial charge on any atom is -0.461 e. The Bertz CT molecular complexity index is 836. The summed E-state index contributed by atoms with van der Waals surface area (Å²) in [4.78, 5) is 30.6. The molecule has 7 nitrogen and oxygen atoms in total. The van der Waals surface area contributed by atoms with E-state index in [4.69, 9.17) is 21.4 Å². The van der Waals surface area contributed by atoms with E-state index in [0.717, 1.165) is 30.0 Å². The fourth-order valence-electron chi connectivity index (χ4n) is 2.63. The van der Waals surface area contributed by atoms with Crippen molar-refractivity contribution in [2.45, 2.75) is 33.0 Å². The second-order valence-electron chi connectivity index (χ2n) is 5.47. The number of fused-ring (bicyclic) bond motifs is 1. The smallest absolute Gasteiger partial charge is 0.303 e. The molecular formula is C15H17N3O4S. The lowest BCUT2D eigenvalue weighted by Crippen LogP contribution is -2.35. The number of furan rings is 1. The Labute approximate surface area is 137 Å². The molecule has 2 aromatic heterocycles. The van der Waals surface area contributed by atoms with Gasteiger partial charge in [-0.2, -0.15) is 0 Å². The average molecular weight is 335 g/mol. The average Bonchev–Trinajstić information content (AvgIpc) is 2.93. The maximum atomic E-state index is 12.0. The number of carbonyl (C=O) groups excluding carboxylic acids is 1. The molecule has 2 aromatic rings. The van der Waals surface area contributed by atoms with Crippen molar-refractivity contribution in [1.82, 2.24) is 14.9 Å². The summed E-state index contributed by atoms with van der Waals surface area (Å²) in [7, 11) is 0. The Hall–Kier alpha value is -2.19. The molecule has 0 fully saturated rings. The first-order valence-electron chi connectivity index (χ1n) is 7.29. The summed E-state index contributed by atoms with van der Waals surface area (Å²) in [5, 5.41) is 0. The minimum absolute atomic E-state index is 0.133. The lowest BCUT2D eigenvalue weighted by Gasteiger charge is -2.26. The molecule has 0 spiro atoms. The van der Waals surface area contributed by atoms with Gasteiger partial charge in [0.25, 0.3) is 5.56 Å². The van der Waals surface area contributed by atoms with Crippen LogP contribution in [0.1, 0.15) is 29.7 Å². The van der Waals surface area contributed by atoms with Gasteiger partial charge in [0.15, 0.2) is 4.77 Å². The van der Waals surface area contributed by atoms with Crippen LogP contribution >= 0.6 is 12.2 Å². The predicted molar refractivity (Wildman–Crippen MR) is 84.2 cm³/mol. The zero-order chi connectivity index (χ0) is 16.4. The van der Waals surface area contributed by atoms with Gasteiger partial charge in [-0.3, -0.25) is 19.5 Å². The van der Waals surface area contributed by atoms with Gasteiger partial charge < -0.3 is 14.1 Å². The maximum absolute atomic E-state index is 12.0. The molecule has 0 saturated carbocycles. The second-order valence-corrected chi connectivity index (χ2v) is 5.88. The van der Waals surface area contributed by atoms with Crippen molar-refractivity contribution < 1.29 is 13.9 Å². The first kappa shape index (κ1) is 15.7. The van der Waals surface area contributed by atoms with Crippen molar-refractivity contribution in [1.29, 1.82) is 0 Å². The quantitative estimate of drug-likeness (QED) is 0.652. The molecule has 23 heavy (non-hydrogen) atoms. The van der Waals surface area contributed by atoms with Crippen LogP contribution < -0.4 is 5.56 Å². The molecule has 1 aliphatic rings. The zero-order valence-corrected chi connectivity index (χ0v) is 13.5. The van der Waals surface area contributed by atoms with Crippen molar-refractivity contribution in [3.05, 3.63) is 50.0 Å². The van der Waals surface area contributed by atoms with E-state index in [1.54, 1.807) is 6.07 Å². The molecule has 0 unspecified atom stereocenters. The molecule has 0 bridgehead atoms. The van der Waals surface area contributed by atoms with Crippen molar-refractivity contribution in [3.63, 3.8) is 0 Å². The van der Waals surface area contributed by atoms with Gasteiger partial charge in [-0.1, -0.05) is 0 Å². The number of aromatic amines is 2. The summed E-state index contributed by atoms with van der Waals surface area (Å²) >= 11 is 4.99. The molecule has 3 heterocycles. The minimum atomic E-state index is -0.341. The molecule has 122 valence electrons. The van der Waals surface area contributed by atoms with Crippen LogP contribution in [0.25, 0.3) is 0 Å². The number of esters is 1. The highest BCUT2D eigenvalue weighted by Crippen LogP contribution is 2.17. The number of nitrogens with zero attached hydrogens (tertiary/aromatic N) is 1. The van der Waals surface area contributed by atoms with Gasteiger partial charge in [0.2, 0.25) is 0 Å². The van der Waals surface area contributed by atoms with E-state index in [9.17, 15) is 9.59 Å². The van der Waals surface area contributed by atoms with Gasteiger partial charge >= 0.3 is 5.97 Å². The van der Waals surface area contributed by atoms with Crippen LogP contribution in [0, 0.1) is 4.77 Å².